The van der Waals surface area contributed by atoms with E-state index in [1.807, 2.05) is 30.5 Å². The van der Waals surface area contributed by atoms with Crippen molar-refractivity contribution in [3.8, 4) is 0 Å². The van der Waals surface area contributed by atoms with Crippen LogP contribution in [0.1, 0.15) is 17.5 Å². The average Bonchev–Trinajstić information content (AvgIpc) is 2.94. The fraction of sp³-hybridized carbons (Fsp3) is 0.167. The Kier molecular flexibility index (Phi) is 4.19. The zero-order chi connectivity index (χ0) is 15.4. The molecule has 0 radical (unpaired) electrons. The number of fused-ring (bicyclic) bond motifs is 1. The summed E-state index contributed by atoms with van der Waals surface area (Å²) in [7, 11) is 0. The fourth-order valence-electron chi connectivity index (χ4n) is 2.52. The number of nitrogens with one attached hydrogen (secondary N) is 2. The standard InChI is InChI=1S/C18H17FN2O/c19-15-5-3-4-13(10-15)11-21-18(22)9-8-14-12-20-17-7-2-1-6-16(14)17/h1-7,10,12,20H,8-9,11H2,(H,21,22). The maximum Gasteiger partial charge on any atom is 0.220 e. The normalized spacial score (nSPS) is 10.8. The number of aryl methyl sites for hydroxylation is 1. The van der Waals surface area contributed by atoms with Gasteiger partial charge in [0.25, 0.3) is 0 Å². The summed E-state index contributed by atoms with van der Waals surface area (Å²) in [4.78, 5) is 15.1. The third-order valence-electron chi connectivity index (χ3n) is 3.68. The van der Waals surface area contributed by atoms with Crippen LogP contribution < -0.4 is 5.32 Å². The molecule has 4 heteroatoms. The van der Waals surface area contributed by atoms with Crippen LogP contribution in [0.5, 0.6) is 0 Å². The minimum absolute atomic E-state index is 0.0328. The summed E-state index contributed by atoms with van der Waals surface area (Å²) >= 11 is 0. The number of H-pyrrole nitrogens is 1. The molecule has 1 amide bonds. The van der Waals surface area contributed by atoms with Crippen LogP contribution in [0.15, 0.2) is 54.7 Å². The molecule has 0 unspecified atom stereocenters. The van der Waals surface area contributed by atoms with Crippen LogP contribution in [0.4, 0.5) is 4.39 Å². The van der Waals surface area contributed by atoms with Crippen molar-refractivity contribution in [3.05, 3.63) is 71.7 Å². The quantitative estimate of drug-likeness (QED) is 0.743. The predicted molar refractivity (Wildman–Crippen MR) is 84.9 cm³/mol. The molecule has 112 valence electrons. The number of benzene rings is 2. The van der Waals surface area contributed by atoms with Gasteiger partial charge in [-0.25, -0.2) is 4.39 Å². The highest BCUT2D eigenvalue weighted by molar-refractivity contribution is 5.84. The maximum atomic E-state index is 13.1. The average molecular weight is 296 g/mol. The molecule has 0 bridgehead atoms. The molecule has 0 atom stereocenters. The van der Waals surface area contributed by atoms with Gasteiger partial charge in [-0.15, -0.1) is 0 Å². The highest BCUT2D eigenvalue weighted by Gasteiger charge is 2.06. The van der Waals surface area contributed by atoms with Gasteiger partial charge in [0.15, 0.2) is 0 Å². The summed E-state index contributed by atoms with van der Waals surface area (Å²) in [5, 5.41) is 3.97. The summed E-state index contributed by atoms with van der Waals surface area (Å²) in [5.74, 6) is -0.319. The molecule has 2 N–H and O–H groups in total. The molecule has 0 spiro atoms. The van der Waals surface area contributed by atoms with Gasteiger partial charge in [0, 0.05) is 30.1 Å². The lowest BCUT2D eigenvalue weighted by Gasteiger charge is -2.05. The molecule has 3 nitrogen and oxygen atoms in total. The number of carbonyl (C=O) groups excluding carboxylic acids is 1. The van der Waals surface area contributed by atoms with Crippen LogP contribution in [0.2, 0.25) is 0 Å². The lowest BCUT2D eigenvalue weighted by Crippen LogP contribution is -2.23. The van der Waals surface area contributed by atoms with E-state index in [1.54, 1.807) is 12.1 Å². The van der Waals surface area contributed by atoms with E-state index in [2.05, 4.69) is 10.3 Å². The van der Waals surface area contributed by atoms with Crippen LogP contribution >= 0.6 is 0 Å². The van der Waals surface area contributed by atoms with Gasteiger partial charge < -0.3 is 10.3 Å². The highest BCUT2D eigenvalue weighted by Crippen LogP contribution is 2.18. The van der Waals surface area contributed by atoms with Crippen LogP contribution in [0.25, 0.3) is 10.9 Å². The third-order valence-corrected chi connectivity index (χ3v) is 3.68. The Hall–Kier alpha value is -2.62. The molecule has 1 heterocycles. The van der Waals surface area contributed by atoms with Crippen LogP contribution in [0, 0.1) is 5.82 Å². The monoisotopic (exact) mass is 296 g/mol. The maximum absolute atomic E-state index is 13.1. The van der Waals surface area contributed by atoms with E-state index in [-0.39, 0.29) is 11.7 Å². The van der Waals surface area contributed by atoms with Gasteiger partial charge in [-0.1, -0.05) is 30.3 Å². The van der Waals surface area contributed by atoms with Crippen molar-refractivity contribution < 1.29 is 9.18 Å². The molecular weight excluding hydrogens is 279 g/mol. The van der Waals surface area contributed by atoms with Crippen LogP contribution in [0.3, 0.4) is 0 Å². The van der Waals surface area contributed by atoms with Gasteiger partial charge >= 0.3 is 0 Å². The van der Waals surface area contributed by atoms with Crippen molar-refractivity contribution >= 4 is 16.8 Å². The number of hydrogen-bond acceptors (Lipinski definition) is 1. The molecule has 1 aromatic heterocycles. The minimum atomic E-state index is -0.287. The van der Waals surface area contributed by atoms with Crippen molar-refractivity contribution in [1.82, 2.24) is 10.3 Å². The fourth-order valence-corrected chi connectivity index (χ4v) is 2.52. The Morgan fingerprint density at radius 3 is 2.86 bits per heavy atom. The lowest BCUT2D eigenvalue weighted by atomic mass is 10.1. The number of rotatable bonds is 5. The van der Waals surface area contributed by atoms with Crippen molar-refractivity contribution in [2.45, 2.75) is 19.4 Å². The van der Waals surface area contributed by atoms with Gasteiger partial charge in [0.2, 0.25) is 5.91 Å². The molecule has 2 aromatic carbocycles. The van der Waals surface area contributed by atoms with Gasteiger partial charge in [0.1, 0.15) is 5.82 Å². The van der Waals surface area contributed by atoms with Crippen molar-refractivity contribution in [3.63, 3.8) is 0 Å². The Balaban J connectivity index is 1.54. The zero-order valence-corrected chi connectivity index (χ0v) is 12.1. The van der Waals surface area contributed by atoms with E-state index < -0.39 is 0 Å². The molecular formula is C18H17FN2O. The van der Waals surface area contributed by atoms with Crippen molar-refractivity contribution in [2.75, 3.05) is 0 Å². The lowest BCUT2D eigenvalue weighted by molar-refractivity contribution is -0.121. The molecule has 3 aromatic rings. The topological polar surface area (TPSA) is 44.9 Å². The third kappa shape index (κ3) is 3.34. The smallest absolute Gasteiger partial charge is 0.220 e. The van der Waals surface area contributed by atoms with E-state index in [0.29, 0.717) is 19.4 Å². The summed E-state index contributed by atoms with van der Waals surface area (Å²) in [6, 6.07) is 14.3. The number of amides is 1. The SMILES string of the molecule is O=C(CCc1c[nH]c2ccccc12)NCc1cccc(F)c1. The summed E-state index contributed by atoms with van der Waals surface area (Å²) < 4.78 is 13.1. The largest absolute Gasteiger partial charge is 0.361 e. The molecule has 3 rings (SSSR count). The number of para-hydroxylation sites is 1. The first-order valence-electron chi connectivity index (χ1n) is 7.28. The number of hydrogen-bond donors (Lipinski definition) is 2. The van der Waals surface area contributed by atoms with Gasteiger partial charge in [-0.2, -0.15) is 0 Å². The first-order valence-corrected chi connectivity index (χ1v) is 7.28. The van der Waals surface area contributed by atoms with E-state index in [4.69, 9.17) is 0 Å². The number of carbonyl (C=O) groups is 1. The van der Waals surface area contributed by atoms with Crippen LogP contribution in [-0.2, 0) is 17.8 Å². The molecule has 0 aliphatic rings. The second-order valence-electron chi connectivity index (χ2n) is 5.27. The van der Waals surface area contributed by atoms with Gasteiger partial charge in [-0.3, -0.25) is 4.79 Å². The second-order valence-corrected chi connectivity index (χ2v) is 5.27. The Bertz CT molecular complexity index is 794. The Morgan fingerprint density at radius 2 is 2.00 bits per heavy atom. The highest BCUT2D eigenvalue weighted by atomic mass is 19.1. The van der Waals surface area contributed by atoms with E-state index in [0.717, 1.165) is 22.0 Å². The van der Waals surface area contributed by atoms with Crippen molar-refractivity contribution in [2.24, 2.45) is 0 Å². The molecule has 0 saturated carbocycles. The number of halogens is 1. The first kappa shape index (κ1) is 14.3. The molecule has 0 aliphatic carbocycles. The van der Waals surface area contributed by atoms with Gasteiger partial charge in [-0.05, 0) is 35.7 Å². The minimum Gasteiger partial charge on any atom is -0.361 e. The predicted octanol–water partition coefficient (Wildman–Crippen LogP) is 3.56. The first-order chi connectivity index (χ1) is 10.7. The van der Waals surface area contributed by atoms with Crippen molar-refractivity contribution in [1.29, 1.82) is 0 Å². The Labute approximate surface area is 128 Å². The number of aromatic nitrogens is 1. The zero-order valence-electron chi connectivity index (χ0n) is 12.1. The van der Waals surface area contributed by atoms with E-state index in [1.165, 1.54) is 12.1 Å². The van der Waals surface area contributed by atoms with Gasteiger partial charge in [0.05, 0.1) is 0 Å². The summed E-state index contributed by atoms with van der Waals surface area (Å²) in [5.41, 5.74) is 2.98. The molecule has 0 fully saturated rings. The van der Waals surface area contributed by atoms with E-state index in [9.17, 15) is 9.18 Å². The summed E-state index contributed by atoms with van der Waals surface area (Å²) in [6.45, 7) is 0.352. The molecule has 0 aliphatic heterocycles. The van der Waals surface area contributed by atoms with Crippen LogP contribution in [-0.4, -0.2) is 10.9 Å². The second kappa shape index (κ2) is 6.43. The van der Waals surface area contributed by atoms with E-state index >= 15 is 0 Å². The Morgan fingerprint density at radius 1 is 1.14 bits per heavy atom. The molecule has 0 saturated heterocycles. The summed E-state index contributed by atoms with van der Waals surface area (Å²) in [6.07, 6.45) is 3.04. The number of aromatic amines is 1. The molecule has 22 heavy (non-hydrogen) atoms.